The molecule has 0 fully saturated rings. The van der Waals surface area contributed by atoms with E-state index in [0.29, 0.717) is 17.6 Å². The summed E-state index contributed by atoms with van der Waals surface area (Å²) in [6.45, 7) is 1.99. The van der Waals surface area contributed by atoms with Crippen LogP contribution in [0.25, 0.3) is 0 Å². The van der Waals surface area contributed by atoms with Crippen molar-refractivity contribution in [2.75, 3.05) is 22.9 Å². The summed E-state index contributed by atoms with van der Waals surface area (Å²) in [5.41, 5.74) is 6.74. The molecule has 0 unspecified atom stereocenters. The molecule has 5 nitrogen and oxygen atoms in total. The van der Waals surface area contributed by atoms with Gasteiger partial charge in [-0.25, -0.2) is 4.98 Å². The highest BCUT2D eigenvalue weighted by Crippen LogP contribution is 2.32. The number of halogens is 6. The number of amides is 1. The normalized spacial score (nSPS) is 10.4. The number of carbonyl (C=O) groups is 1. The van der Waals surface area contributed by atoms with Crippen LogP contribution in [0.5, 0.6) is 0 Å². The number of carbonyl (C=O) groups excluding carboxylic acids is 1. The molecule has 4 N–H and O–H groups in total. The van der Waals surface area contributed by atoms with Gasteiger partial charge in [0, 0.05) is 30.5 Å². The molecule has 0 atom stereocenters. The molecule has 0 aliphatic heterocycles. The molecule has 27 heavy (non-hydrogen) atoms. The van der Waals surface area contributed by atoms with Crippen molar-refractivity contribution < 1.29 is 18.0 Å². The maximum atomic E-state index is 12.5. The van der Waals surface area contributed by atoms with Gasteiger partial charge in [0.05, 0.1) is 10.6 Å². The number of pyridine rings is 1. The summed E-state index contributed by atoms with van der Waals surface area (Å²) in [5.74, 6) is -0.188. The maximum absolute atomic E-state index is 12.5. The van der Waals surface area contributed by atoms with Crippen LogP contribution in [0.1, 0.15) is 17.5 Å². The van der Waals surface area contributed by atoms with Gasteiger partial charge < -0.3 is 16.4 Å². The Balaban J connectivity index is 0.00000338. The summed E-state index contributed by atoms with van der Waals surface area (Å²) in [5, 5.41) is 5.29. The molecular formula is C16H18Cl3F3N4O. The summed E-state index contributed by atoms with van der Waals surface area (Å²) in [6.07, 6.45) is -3.75. The van der Waals surface area contributed by atoms with Crippen molar-refractivity contribution in [3.05, 3.63) is 46.6 Å². The first-order valence-electron chi connectivity index (χ1n) is 7.29. The highest BCUT2D eigenvalue weighted by atomic mass is 35.5. The highest BCUT2D eigenvalue weighted by Gasteiger charge is 2.31. The minimum atomic E-state index is -4.51. The fraction of sp³-hybridized carbons (Fsp3) is 0.250. The molecule has 150 valence electrons. The first-order chi connectivity index (χ1) is 11.7. The number of nitrogens with zero attached hydrogens (tertiary/aromatic N) is 1. The van der Waals surface area contributed by atoms with Crippen molar-refractivity contribution in [1.82, 2.24) is 4.98 Å². The first-order valence-corrected chi connectivity index (χ1v) is 7.67. The lowest BCUT2D eigenvalue weighted by atomic mass is 10.2. The molecule has 0 spiro atoms. The molecule has 1 heterocycles. The summed E-state index contributed by atoms with van der Waals surface area (Å²) in [4.78, 5) is 15.6. The second-order valence-electron chi connectivity index (χ2n) is 5.35. The van der Waals surface area contributed by atoms with E-state index in [1.54, 1.807) is 18.2 Å². The zero-order valence-corrected chi connectivity index (χ0v) is 16.5. The van der Waals surface area contributed by atoms with Gasteiger partial charge in [-0.05, 0) is 30.7 Å². The van der Waals surface area contributed by atoms with Crippen LogP contribution < -0.4 is 16.4 Å². The molecule has 0 aliphatic rings. The number of hydrogen-bond donors (Lipinski definition) is 3. The maximum Gasteiger partial charge on any atom is 0.417 e. The van der Waals surface area contributed by atoms with Gasteiger partial charge in [0.1, 0.15) is 5.82 Å². The largest absolute Gasteiger partial charge is 0.417 e. The van der Waals surface area contributed by atoms with Gasteiger partial charge in [-0.2, -0.15) is 13.2 Å². The van der Waals surface area contributed by atoms with Crippen LogP contribution in [0.3, 0.4) is 0 Å². The zero-order valence-electron chi connectivity index (χ0n) is 14.1. The Morgan fingerprint density at radius 1 is 1.26 bits per heavy atom. The lowest BCUT2D eigenvalue weighted by Crippen LogP contribution is -2.17. The van der Waals surface area contributed by atoms with Crippen LogP contribution in [-0.4, -0.2) is 17.4 Å². The second-order valence-corrected chi connectivity index (χ2v) is 5.76. The molecule has 0 saturated heterocycles. The molecule has 0 bridgehead atoms. The Morgan fingerprint density at radius 2 is 1.93 bits per heavy atom. The van der Waals surface area contributed by atoms with Crippen molar-refractivity contribution in [2.45, 2.75) is 19.5 Å². The lowest BCUT2D eigenvalue weighted by Gasteiger charge is -2.12. The molecule has 2 aromatic rings. The van der Waals surface area contributed by atoms with Crippen molar-refractivity contribution in [2.24, 2.45) is 0 Å². The number of nitrogen functional groups attached to an aromatic ring is 1. The average molecular weight is 446 g/mol. The van der Waals surface area contributed by atoms with Crippen LogP contribution in [0.4, 0.5) is 30.4 Å². The molecule has 11 heteroatoms. The number of aromatic nitrogens is 1. The van der Waals surface area contributed by atoms with Crippen LogP contribution in [-0.2, 0) is 11.0 Å². The van der Waals surface area contributed by atoms with Gasteiger partial charge in [-0.15, -0.1) is 24.8 Å². The third-order valence-electron chi connectivity index (χ3n) is 3.35. The van der Waals surface area contributed by atoms with Gasteiger partial charge in [0.25, 0.3) is 0 Å². The molecule has 0 aliphatic carbocycles. The Labute approximate surface area is 171 Å². The predicted octanol–water partition coefficient (Wildman–Crippen LogP) is 4.93. The van der Waals surface area contributed by atoms with E-state index in [9.17, 15) is 18.0 Å². The first kappa shape index (κ1) is 25.1. The Kier molecular flexibility index (Phi) is 9.70. The Bertz CT molecular complexity index is 788. The summed E-state index contributed by atoms with van der Waals surface area (Å²) >= 11 is 5.78. The highest BCUT2D eigenvalue weighted by molar-refractivity contribution is 6.33. The van der Waals surface area contributed by atoms with Gasteiger partial charge in [0.2, 0.25) is 5.91 Å². The molecule has 0 saturated carbocycles. The van der Waals surface area contributed by atoms with E-state index in [1.807, 2.05) is 6.92 Å². The van der Waals surface area contributed by atoms with Crippen LogP contribution in [0.15, 0.2) is 30.5 Å². The summed E-state index contributed by atoms with van der Waals surface area (Å²) < 4.78 is 37.6. The molecular weight excluding hydrogens is 428 g/mol. The van der Waals surface area contributed by atoms with Gasteiger partial charge in [-0.3, -0.25) is 4.79 Å². The van der Waals surface area contributed by atoms with Crippen LogP contribution >= 0.6 is 36.4 Å². The fourth-order valence-electron chi connectivity index (χ4n) is 2.00. The quantitative estimate of drug-likeness (QED) is 0.570. The van der Waals surface area contributed by atoms with Crippen molar-refractivity contribution >= 4 is 59.5 Å². The number of nitrogens with two attached hydrogens (primary N) is 1. The van der Waals surface area contributed by atoms with Gasteiger partial charge in [-0.1, -0.05) is 17.7 Å². The van der Waals surface area contributed by atoms with Crippen molar-refractivity contribution in [3.8, 4) is 0 Å². The van der Waals surface area contributed by atoms with Gasteiger partial charge >= 0.3 is 6.18 Å². The van der Waals surface area contributed by atoms with E-state index in [-0.39, 0.29) is 54.5 Å². The standard InChI is InChI=1S/C16H16ClF3N4O.2ClH/c1-9-2-3-11(21)7-13(9)24-14(25)4-5-22-15-12(17)6-10(8-23-15)16(18,19)20;;/h2-3,6-8H,4-5,21H2,1H3,(H,22,23)(H,24,25);2*1H. The van der Waals surface area contributed by atoms with E-state index in [1.165, 1.54) is 0 Å². The minimum absolute atomic E-state index is 0. The van der Waals surface area contributed by atoms with Crippen LogP contribution in [0.2, 0.25) is 5.02 Å². The number of benzene rings is 1. The summed E-state index contributed by atoms with van der Waals surface area (Å²) in [7, 11) is 0. The fourth-order valence-corrected chi connectivity index (χ4v) is 2.24. The van der Waals surface area contributed by atoms with Crippen molar-refractivity contribution in [3.63, 3.8) is 0 Å². The van der Waals surface area contributed by atoms with Crippen molar-refractivity contribution in [1.29, 1.82) is 0 Å². The zero-order chi connectivity index (χ0) is 18.6. The smallest absolute Gasteiger partial charge is 0.399 e. The average Bonchev–Trinajstić information content (AvgIpc) is 2.51. The minimum Gasteiger partial charge on any atom is -0.399 e. The number of rotatable bonds is 5. The monoisotopic (exact) mass is 444 g/mol. The predicted molar refractivity (Wildman–Crippen MR) is 106 cm³/mol. The SMILES string of the molecule is Cc1ccc(N)cc1NC(=O)CCNc1ncc(C(F)(F)F)cc1Cl.Cl.Cl. The van der Waals surface area contributed by atoms with Crippen LogP contribution in [0, 0.1) is 6.92 Å². The lowest BCUT2D eigenvalue weighted by molar-refractivity contribution is -0.137. The number of aryl methyl sites for hydroxylation is 1. The third-order valence-corrected chi connectivity index (χ3v) is 3.64. The van der Waals surface area contributed by atoms with E-state index in [2.05, 4.69) is 15.6 Å². The molecule has 2 rings (SSSR count). The topological polar surface area (TPSA) is 80.0 Å². The number of hydrogen-bond acceptors (Lipinski definition) is 4. The third kappa shape index (κ3) is 7.32. The Hall–Kier alpha value is -1.90. The second kappa shape index (κ2) is 10.4. The molecule has 0 radical (unpaired) electrons. The summed E-state index contributed by atoms with van der Waals surface area (Å²) in [6, 6.07) is 5.95. The number of nitrogens with one attached hydrogen (secondary N) is 2. The molecule has 1 aromatic carbocycles. The van der Waals surface area contributed by atoms with Gasteiger partial charge in [0.15, 0.2) is 0 Å². The number of alkyl halides is 3. The Morgan fingerprint density at radius 3 is 2.52 bits per heavy atom. The number of anilines is 3. The molecule has 1 amide bonds. The van der Waals surface area contributed by atoms with E-state index >= 15 is 0 Å². The van der Waals surface area contributed by atoms with E-state index < -0.39 is 11.7 Å². The van der Waals surface area contributed by atoms with E-state index in [4.69, 9.17) is 17.3 Å². The molecule has 1 aromatic heterocycles. The van der Waals surface area contributed by atoms with E-state index in [0.717, 1.165) is 11.6 Å².